The molecule has 4 heterocycles. The second kappa shape index (κ2) is 13.7. The molecule has 0 bridgehead atoms. The van der Waals surface area contributed by atoms with Crippen molar-refractivity contribution >= 4 is 29.2 Å². The predicted octanol–water partition coefficient (Wildman–Crippen LogP) is 2.99. The quantitative estimate of drug-likeness (QED) is 0.451. The maximum absolute atomic E-state index is 12.2. The van der Waals surface area contributed by atoms with Crippen LogP contribution in [-0.2, 0) is 20.9 Å². The lowest BCUT2D eigenvalue weighted by molar-refractivity contribution is -0.193. The topological polar surface area (TPSA) is 142 Å². The number of carboxylic acids is 2. The summed E-state index contributed by atoms with van der Waals surface area (Å²) in [5.74, 6) is -4.75. The minimum absolute atomic E-state index is 0.0852. The number of aryl methyl sites for hydroxylation is 1. The lowest BCUT2D eigenvalue weighted by Gasteiger charge is -2.19. The first-order valence-electron chi connectivity index (χ1n) is 11.1. The van der Waals surface area contributed by atoms with Crippen LogP contribution >= 0.6 is 11.3 Å². The summed E-state index contributed by atoms with van der Waals surface area (Å²) in [4.78, 5) is 40.8. The maximum atomic E-state index is 12.2. The van der Waals surface area contributed by atoms with Crippen molar-refractivity contribution < 1.29 is 55.7 Å². The highest BCUT2D eigenvalue weighted by Crippen LogP contribution is 2.34. The molecule has 3 N–H and O–H groups in total. The molecule has 2 aromatic heterocycles. The molecule has 2 saturated heterocycles. The van der Waals surface area contributed by atoms with E-state index in [4.69, 9.17) is 24.5 Å². The Kier molecular flexibility index (Phi) is 11.2. The fraction of sp³-hybridized carbons (Fsp3) is 0.500. The third-order valence-electron chi connectivity index (χ3n) is 5.51. The van der Waals surface area contributed by atoms with Crippen molar-refractivity contribution in [3.63, 3.8) is 0 Å². The number of alkyl halides is 6. The van der Waals surface area contributed by atoms with E-state index < -0.39 is 24.3 Å². The van der Waals surface area contributed by atoms with Crippen LogP contribution in [0.1, 0.15) is 21.1 Å². The van der Waals surface area contributed by atoms with E-state index in [0.717, 1.165) is 31.2 Å². The summed E-state index contributed by atoms with van der Waals surface area (Å²) in [6.45, 7) is 6.16. The molecule has 1 amide bonds. The van der Waals surface area contributed by atoms with Gasteiger partial charge in [0.05, 0.1) is 17.7 Å². The molecule has 17 heteroatoms. The van der Waals surface area contributed by atoms with E-state index in [-0.39, 0.29) is 12.0 Å². The first-order valence-corrected chi connectivity index (χ1v) is 12.0. The van der Waals surface area contributed by atoms with Crippen LogP contribution in [-0.4, -0.2) is 87.6 Å². The van der Waals surface area contributed by atoms with Gasteiger partial charge in [-0.25, -0.2) is 14.6 Å². The lowest BCUT2D eigenvalue weighted by Crippen LogP contribution is -2.34. The van der Waals surface area contributed by atoms with Gasteiger partial charge in [-0.3, -0.25) is 14.7 Å². The molecule has 0 radical (unpaired) electrons. The average molecular weight is 587 g/mol. The molecule has 2 aliphatic heterocycles. The molecule has 4 rings (SSSR count). The number of likely N-dealkylation sites (tertiary alicyclic amines) is 1. The van der Waals surface area contributed by atoms with Gasteiger partial charge in [0.1, 0.15) is 5.69 Å². The van der Waals surface area contributed by atoms with Crippen molar-refractivity contribution in [2.45, 2.75) is 31.9 Å². The standard InChI is InChI=1S/C18H22N4O2S.2C2HF3O2/c1-12-21-16(11-25-12)18(23)20-6-14-10-24-17-9-22(8-15(14)17)7-13-3-2-4-19-5-13;2*3-2(4,5)1(6)7/h2-5,11,14-15,17H,6-10H2,1H3,(H,20,23);2*(H,6,7)/t14-,15-,17-;;/m1../s1. The zero-order valence-electron chi connectivity index (χ0n) is 20.2. The van der Waals surface area contributed by atoms with Gasteiger partial charge in [-0.15, -0.1) is 11.3 Å². The third-order valence-corrected chi connectivity index (χ3v) is 6.28. The number of fused-ring (bicyclic) bond motifs is 1. The second-order valence-corrected chi connectivity index (χ2v) is 9.48. The first-order chi connectivity index (χ1) is 18.1. The minimum Gasteiger partial charge on any atom is -0.475 e. The number of carbonyl (C=O) groups is 3. The van der Waals surface area contributed by atoms with Crippen LogP contribution in [0.15, 0.2) is 29.9 Å². The van der Waals surface area contributed by atoms with Crippen LogP contribution in [0.4, 0.5) is 26.3 Å². The average Bonchev–Trinajstić information content (AvgIpc) is 3.54. The Hall–Kier alpha value is -3.31. The number of hydrogen-bond acceptors (Lipinski definition) is 8. The molecule has 2 aromatic rings. The van der Waals surface area contributed by atoms with Crippen LogP contribution in [0.5, 0.6) is 0 Å². The number of ether oxygens (including phenoxy) is 1. The summed E-state index contributed by atoms with van der Waals surface area (Å²) < 4.78 is 69.4. The number of pyridine rings is 1. The van der Waals surface area contributed by atoms with Crippen LogP contribution in [0.2, 0.25) is 0 Å². The van der Waals surface area contributed by atoms with E-state index in [1.807, 2.05) is 24.6 Å². The Morgan fingerprint density at radius 3 is 2.23 bits per heavy atom. The normalized spacial score (nSPS) is 20.6. The van der Waals surface area contributed by atoms with Crippen molar-refractivity contribution in [3.8, 4) is 0 Å². The third kappa shape index (κ3) is 10.4. The molecule has 216 valence electrons. The molecule has 10 nitrogen and oxygen atoms in total. The van der Waals surface area contributed by atoms with Crippen LogP contribution in [0, 0.1) is 18.8 Å². The number of amides is 1. The number of nitrogens with zero attached hydrogens (tertiary/aromatic N) is 3. The van der Waals surface area contributed by atoms with Gasteiger partial charge in [-0.1, -0.05) is 6.07 Å². The van der Waals surface area contributed by atoms with Gasteiger partial charge in [-0.05, 0) is 18.6 Å². The molecule has 2 fully saturated rings. The Labute approximate surface area is 221 Å². The zero-order chi connectivity index (χ0) is 29.4. The smallest absolute Gasteiger partial charge is 0.475 e. The van der Waals surface area contributed by atoms with E-state index in [2.05, 4.69) is 26.3 Å². The summed E-state index contributed by atoms with van der Waals surface area (Å²) in [5.41, 5.74) is 1.74. The van der Waals surface area contributed by atoms with Gasteiger partial charge >= 0.3 is 24.3 Å². The molecule has 0 saturated carbocycles. The van der Waals surface area contributed by atoms with Crippen molar-refractivity contribution in [1.82, 2.24) is 20.2 Å². The lowest BCUT2D eigenvalue weighted by atomic mass is 9.93. The molecular formula is C22H24F6N4O6S. The zero-order valence-corrected chi connectivity index (χ0v) is 21.0. The Morgan fingerprint density at radius 1 is 1.13 bits per heavy atom. The summed E-state index contributed by atoms with van der Waals surface area (Å²) >= 11 is 1.50. The van der Waals surface area contributed by atoms with Gasteiger partial charge in [0.15, 0.2) is 0 Å². The SMILES string of the molecule is Cc1nc(C(=O)NC[C@@H]2CO[C@@H]3CN(Cc4cccnc4)C[C@H]23)cs1.O=C(O)C(F)(F)F.O=C(O)C(F)(F)F. The Morgan fingerprint density at radius 2 is 1.74 bits per heavy atom. The monoisotopic (exact) mass is 586 g/mol. The van der Waals surface area contributed by atoms with E-state index >= 15 is 0 Å². The molecule has 0 spiro atoms. The molecule has 2 aliphatic rings. The van der Waals surface area contributed by atoms with Crippen molar-refractivity contribution in [3.05, 3.63) is 46.2 Å². The minimum atomic E-state index is -5.08. The van der Waals surface area contributed by atoms with Crippen molar-refractivity contribution in [2.24, 2.45) is 11.8 Å². The molecule has 3 atom stereocenters. The number of thiazole rings is 1. The van der Waals surface area contributed by atoms with E-state index in [1.165, 1.54) is 16.9 Å². The Bertz CT molecular complexity index is 1090. The van der Waals surface area contributed by atoms with Crippen molar-refractivity contribution in [1.29, 1.82) is 0 Å². The summed E-state index contributed by atoms with van der Waals surface area (Å²) in [7, 11) is 0. The number of nitrogens with one attached hydrogen (secondary N) is 1. The van der Waals surface area contributed by atoms with E-state index in [1.54, 1.807) is 6.20 Å². The molecule has 39 heavy (non-hydrogen) atoms. The number of hydrogen-bond donors (Lipinski definition) is 3. The highest BCUT2D eigenvalue weighted by Gasteiger charge is 2.43. The first kappa shape index (κ1) is 31.9. The molecule has 0 aliphatic carbocycles. The fourth-order valence-electron chi connectivity index (χ4n) is 3.75. The van der Waals surface area contributed by atoms with E-state index in [0.29, 0.717) is 24.1 Å². The number of carboxylic acid groups (broad SMARTS) is 2. The fourth-order valence-corrected chi connectivity index (χ4v) is 4.34. The second-order valence-electron chi connectivity index (χ2n) is 8.42. The Balaban J connectivity index is 0.000000317. The number of aliphatic carboxylic acids is 2. The number of rotatable bonds is 5. The van der Waals surface area contributed by atoms with Gasteiger partial charge in [0.2, 0.25) is 0 Å². The van der Waals surface area contributed by atoms with Gasteiger partial charge < -0.3 is 20.3 Å². The van der Waals surface area contributed by atoms with Crippen LogP contribution < -0.4 is 5.32 Å². The largest absolute Gasteiger partial charge is 0.490 e. The number of carbonyl (C=O) groups excluding carboxylic acids is 1. The summed E-state index contributed by atoms with van der Waals surface area (Å²) in [6, 6.07) is 4.08. The summed E-state index contributed by atoms with van der Waals surface area (Å²) in [5, 5.41) is 20.0. The van der Waals surface area contributed by atoms with Crippen molar-refractivity contribution in [2.75, 3.05) is 26.2 Å². The van der Waals surface area contributed by atoms with Crippen LogP contribution in [0.25, 0.3) is 0 Å². The van der Waals surface area contributed by atoms with Gasteiger partial charge in [0, 0.05) is 55.8 Å². The predicted molar refractivity (Wildman–Crippen MR) is 123 cm³/mol. The van der Waals surface area contributed by atoms with E-state index in [9.17, 15) is 31.1 Å². The summed E-state index contributed by atoms with van der Waals surface area (Å²) in [6.07, 6.45) is -6.17. The highest BCUT2D eigenvalue weighted by molar-refractivity contribution is 7.09. The van der Waals surface area contributed by atoms with Crippen LogP contribution in [0.3, 0.4) is 0 Å². The molecule has 0 aromatic carbocycles. The molecular weight excluding hydrogens is 562 g/mol. The highest BCUT2D eigenvalue weighted by atomic mass is 32.1. The number of halogens is 6. The van der Waals surface area contributed by atoms with Gasteiger partial charge in [0.25, 0.3) is 5.91 Å². The number of aromatic nitrogens is 2. The molecule has 0 unspecified atom stereocenters. The maximum Gasteiger partial charge on any atom is 0.490 e. The van der Waals surface area contributed by atoms with Gasteiger partial charge in [-0.2, -0.15) is 26.3 Å².